The van der Waals surface area contributed by atoms with Crippen LogP contribution >= 0.6 is 0 Å². The summed E-state index contributed by atoms with van der Waals surface area (Å²) in [5.41, 5.74) is 1.28. The van der Waals surface area contributed by atoms with Crippen molar-refractivity contribution in [1.29, 1.82) is 0 Å². The number of benzene rings is 2. The molecule has 1 aromatic heterocycles. The standard InChI is InChI=1S/C20H19F4N3O/c1-27(12-13-3-2-4-15(9-13)20(22,23)24)19(28)25-8-7-14-11-26-18-10-16(21)5-6-17(14)18/h2-6,9-11,26H,7-8,12H2,1H3,(H,25,28). The van der Waals surface area contributed by atoms with Crippen molar-refractivity contribution in [2.45, 2.75) is 19.1 Å². The Morgan fingerprint density at radius 3 is 2.71 bits per heavy atom. The number of amides is 2. The van der Waals surface area contributed by atoms with Crippen LogP contribution in [-0.2, 0) is 19.1 Å². The van der Waals surface area contributed by atoms with E-state index < -0.39 is 11.7 Å². The molecule has 2 N–H and O–H groups in total. The molecule has 0 radical (unpaired) electrons. The molecule has 3 aromatic rings. The van der Waals surface area contributed by atoms with Crippen molar-refractivity contribution < 1.29 is 22.4 Å². The van der Waals surface area contributed by atoms with Crippen LogP contribution in [0.5, 0.6) is 0 Å². The van der Waals surface area contributed by atoms with Gasteiger partial charge in [0.1, 0.15) is 5.82 Å². The molecule has 0 atom stereocenters. The number of hydrogen-bond donors (Lipinski definition) is 2. The summed E-state index contributed by atoms with van der Waals surface area (Å²) in [6, 6.07) is 8.97. The van der Waals surface area contributed by atoms with E-state index in [4.69, 9.17) is 0 Å². The van der Waals surface area contributed by atoms with E-state index in [1.54, 1.807) is 18.3 Å². The van der Waals surface area contributed by atoms with Crippen LogP contribution in [0.4, 0.5) is 22.4 Å². The van der Waals surface area contributed by atoms with Gasteiger partial charge in [0.2, 0.25) is 0 Å². The number of carbonyl (C=O) groups is 1. The lowest BCUT2D eigenvalue weighted by Gasteiger charge is -2.19. The summed E-state index contributed by atoms with van der Waals surface area (Å²) in [6.07, 6.45) is -2.11. The number of halogens is 4. The van der Waals surface area contributed by atoms with E-state index in [2.05, 4.69) is 10.3 Å². The van der Waals surface area contributed by atoms with Crippen LogP contribution in [0.2, 0.25) is 0 Å². The molecule has 0 fully saturated rings. The molecule has 8 heteroatoms. The van der Waals surface area contributed by atoms with Gasteiger partial charge >= 0.3 is 12.2 Å². The molecule has 0 aliphatic heterocycles. The monoisotopic (exact) mass is 393 g/mol. The summed E-state index contributed by atoms with van der Waals surface area (Å²) in [7, 11) is 1.52. The highest BCUT2D eigenvalue weighted by atomic mass is 19.4. The largest absolute Gasteiger partial charge is 0.416 e. The first-order valence-corrected chi connectivity index (χ1v) is 8.64. The number of carbonyl (C=O) groups excluding carboxylic acids is 1. The third-order valence-electron chi connectivity index (χ3n) is 4.42. The normalized spacial score (nSPS) is 11.6. The Kier molecular flexibility index (Phi) is 5.58. The molecule has 0 unspecified atom stereocenters. The van der Waals surface area contributed by atoms with Gasteiger partial charge in [0.15, 0.2) is 0 Å². The van der Waals surface area contributed by atoms with Crippen molar-refractivity contribution in [2.24, 2.45) is 0 Å². The molecule has 0 saturated carbocycles. The summed E-state index contributed by atoms with van der Waals surface area (Å²) in [5, 5.41) is 3.62. The maximum Gasteiger partial charge on any atom is 0.416 e. The Hall–Kier alpha value is -3.03. The van der Waals surface area contributed by atoms with Crippen molar-refractivity contribution in [1.82, 2.24) is 15.2 Å². The van der Waals surface area contributed by atoms with E-state index in [-0.39, 0.29) is 18.4 Å². The Morgan fingerprint density at radius 1 is 1.18 bits per heavy atom. The predicted octanol–water partition coefficient (Wildman–Crippen LogP) is 4.71. The molecule has 2 aromatic carbocycles. The Balaban J connectivity index is 1.54. The Labute approximate surface area is 159 Å². The van der Waals surface area contributed by atoms with Crippen LogP contribution in [0, 0.1) is 5.82 Å². The molecule has 0 aliphatic carbocycles. The van der Waals surface area contributed by atoms with Crippen molar-refractivity contribution in [2.75, 3.05) is 13.6 Å². The zero-order valence-corrected chi connectivity index (χ0v) is 15.1. The van der Waals surface area contributed by atoms with Gasteiger partial charge in [-0.2, -0.15) is 13.2 Å². The molecule has 0 aliphatic rings. The second kappa shape index (κ2) is 7.92. The number of fused-ring (bicyclic) bond motifs is 1. The number of nitrogens with one attached hydrogen (secondary N) is 2. The molecular weight excluding hydrogens is 374 g/mol. The van der Waals surface area contributed by atoms with Gasteiger partial charge in [0.25, 0.3) is 0 Å². The molecule has 1 heterocycles. The number of H-pyrrole nitrogens is 1. The molecule has 0 saturated heterocycles. The fourth-order valence-electron chi connectivity index (χ4n) is 3.00. The first-order chi connectivity index (χ1) is 13.2. The lowest BCUT2D eigenvalue weighted by molar-refractivity contribution is -0.137. The highest BCUT2D eigenvalue weighted by molar-refractivity contribution is 5.83. The molecule has 28 heavy (non-hydrogen) atoms. The zero-order valence-electron chi connectivity index (χ0n) is 15.1. The van der Waals surface area contributed by atoms with Gasteiger partial charge in [-0.05, 0) is 47.9 Å². The molecule has 3 rings (SSSR count). The summed E-state index contributed by atoms with van der Waals surface area (Å²) < 4.78 is 51.6. The van der Waals surface area contributed by atoms with E-state index in [9.17, 15) is 22.4 Å². The minimum absolute atomic E-state index is 0.0577. The van der Waals surface area contributed by atoms with Crippen molar-refractivity contribution in [3.8, 4) is 0 Å². The second-order valence-electron chi connectivity index (χ2n) is 6.54. The van der Waals surface area contributed by atoms with Gasteiger partial charge < -0.3 is 15.2 Å². The number of urea groups is 1. The average molecular weight is 393 g/mol. The van der Waals surface area contributed by atoms with Crippen LogP contribution < -0.4 is 5.32 Å². The first-order valence-electron chi connectivity index (χ1n) is 8.64. The predicted molar refractivity (Wildman–Crippen MR) is 98.3 cm³/mol. The van der Waals surface area contributed by atoms with Crippen LogP contribution in [0.1, 0.15) is 16.7 Å². The van der Waals surface area contributed by atoms with Crippen molar-refractivity contribution >= 4 is 16.9 Å². The maximum absolute atomic E-state index is 13.2. The number of rotatable bonds is 5. The number of aromatic nitrogens is 1. The van der Waals surface area contributed by atoms with Crippen molar-refractivity contribution in [3.05, 3.63) is 71.2 Å². The summed E-state index contributed by atoms with van der Waals surface area (Å²) in [6.45, 7) is 0.401. The van der Waals surface area contributed by atoms with Gasteiger partial charge in [0, 0.05) is 37.2 Å². The molecule has 2 amide bonds. The molecular formula is C20H19F4N3O. The minimum Gasteiger partial charge on any atom is -0.361 e. The van der Waals surface area contributed by atoms with Gasteiger partial charge in [-0.1, -0.05) is 12.1 Å². The van der Waals surface area contributed by atoms with Crippen LogP contribution in [-0.4, -0.2) is 29.5 Å². The number of hydrogen-bond acceptors (Lipinski definition) is 1. The zero-order chi connectivity index (χ0) is 20.3. The van der Waals surface area contributed by atoms with Crippen LogP contribution in [0.25, 0.3) is 10.9 Å². The third kappa shape index (κ3) is 4.62. The smallest absolute Gasteiger partial charge is 0.361 e. The fourth-order valence-corrected chi connectivity index (χ4v) is 3.00. The van der Waals surface area contributed by atoms with Gasteiger partial charge in [0.05, 0.1) is 5.56 Å². The number of aromatic amines is 1. The van der Waals surface area contributed by atoms with Gasteiger partial charge in [-0.15, -0.1) is 0 Å². The summed E-state index contributed by atoms with van der Waals surface area (Å²) in [4.78, 5) is 16.5. The quantitative estimate of drug-likeness (QED) is 0.606. The number of nitrogens with zero attached hydrogens (tertiary/aromatic N) is 1. The maximum atomic E-state index is 13.2. The van der Waals surface area contributed by atoms with Crippen molar-refractivity contribution in [3.63, 3.8) is 0 Å². The highest BCUT2D eigenvalue weighted by Crippen LogP contribution is 2.29. The van der Waals surface area contributed by atoms with E-state index in [0.29, 0.717) is 24.0 Å². The lowest BCUT2D eigenvalue weighted by Crippen LogP contribution is -2.37. The third-order valence-corrected chi connectivity index (χ3v) is 4.42. The molecule has 0 spiro atoms. The van der Waals surface area contributed by atoms with Gasteiger partial charge in [-0.25, -0.2) is 9.18 Å². The van der Waals surface area contributed by atoms with E-state index >= 15 is 0 Å². The Bertz CT molecular complexity index is 981. The lowest BCUT2D eigenvalue weighted by atomic mass is 10.1. The fraction of sp³-hybridized carbons (Fsp3) is 0.250. The van der Waals surface area contributed by atoms with Crippen LogP contribution in [0.3, 0.4) is 0 Å². The molecule has 0 bridgehead atoms. The average Bonchev–Trinajstić information content (AvgIpc) is 3.03. The molecule has 4 nitrogen and oxygen atoms in total. The summed E-state index contributed by atoms with van der Waals surface area (Å²) >= 11 is 0. The van der Waals surface area contributed by atoms with E-state index in [1.165, 1.54) is 30.1 Å². The Morgan fingerprint density at radius 2 is 1.96 bits per heavy atom. The van der Waals surface area contributed by atoms with Gasteiger partial charge in [-0.3, -0.25) is 0 Å². The minimum atomic E-state index is -4.42. The molecule has 148 valence electrons. The van der Waals surface area contributed by atoms with E-state index in [0.717, 1.165) is 23.1 Å². The van der Waals surface area contributed by atoms with E-state index in [1.807, 2.05) is 0 Å². The SMILES string of the molecule is CN(Cc1cccc(C(F)(F)F)c1)C(=O)NCCc1c[nH]c2cc(F)ccc12. The van der Waals surface area contributed by atoms with Crippen LogP contribution in [0.15, 0.2) is 48.7 Å². The first kappa shape index (κ1) is 19.7. The number of alkyl halides is 3. The summed E-state index contributed by atoms with van der Waals surface area (Å²) in [5.74, 6) is -0.328. The second-order valence-corrected chi connectivity index (χ2v) is 6.54. The highest BCUT2D eigenvalue weighted by Gasteiger charge is 2.30. The topological polar surface area (TPSA) is 48.1 Å².